The van der Waals surface area contributed by atoms with Crippen LogP contribution < -0.4 is 9.47 Å². The SMILES string of the molecule is CCCCN(CCCC)C(=O)CN1CC(c2ccc3c(c2)OCO3)CC1CCC1=NC=CC1. The number of amides is 1. The number of hydrogen-bond acceptors (Lipinski definition) is 5. The Hall–Kier alpha value is -2.34. The van der Waals surface area contributed by atoms with Gasteiger partial charge in [-0.05, 0) is 55.7 Å². The highest BCUT2D eigenvalue weighted by molar-refractivity contribution is 5.88. The monoisotopic (exact) mass is 453 g/mol. The summed E-state index contributed by atoms with van der Waals surface area (Å²) >= 11 is 0. The maximum Gasteiger partial charge on any atom is 0.236 e. The minimum Gasteiger partial charge on any atom is -0.454 e. The predicted octanol–water partition coefficient (Wildman–Crippen LogP) is 5.14. The molecule has 3 aliphatic rings. The molecule has 2 unspecified atom stereocenters. The van der Waals surface area contributed by atoms with Crippen molar-refractivity contribution in [2.45, 2.75) is 77.2 Å². The number of likely N-dealkylation sites (tertiary alicyclic amines) is 1. The molecule has 3 aliphatic heterocycles. The number of carbonyl (C=O) groups is 1. The Balaban J connectivity index is 1.44. The van der Waals surface area contributed by atoms with Gasteiger partial charge in [0.1, 0.15) is 0 Å². The molecule has 0 radical (unpaired) electrons. The Bertz CT molecular complexity index is 858. The average molecular weight is 454 g/mol. The summed E-state index contributed by atoms with van der Waals surface area (Å²) in [6, 6.07) is 6.72. The first-order valence-corrected chi connectivity index (χ1v) is 12.8. The maximum atomic E-state index is 13.3. The topological polar surface area (TPSA) is 54.4 Å². The van der Waals surface area contributed by atoms with Crippen LogP contribution in [0.4, 0.5) is 0 Å². The molecule has 0 aromatic heterocycles. The highest BCUT2D eigenvalue weighted by atomic mass is 16.7. The van der Waals surface area contributed by atoms with Gasteiger partial charge in [-0.3, -0.25) is 14.7 Å². The van der Waals surface area contributed by atoms with Crippen LogP contribution >= 0.6 is 0 Å². The van der Waals surface area contributed by atoms with Crippen molar-refractivity contribution in [1.29, 1.82) is 0 Å². The molecule has 1 aromatic rings. The van der Waals surface area contributed by atoms with Gasteiger partial charge >= 0.3 is 0 Å². The summed E-state index contributed by atoms with van der Waals surface area (Å²) in [6.45, 7) is 7.86. The Labute approximate surface area is 198 Å². The van der Waals surface area contributed by atoms with Gasteiger partial charge in [-0.1, -0.05) is 38.8 Å². The number of benzene rings is 1. The molecule has 4 rings (SSSR count). The molecule has 180 valence electrons. The van der Waals surface area contributed by atoms with E-state index in [-0.39, 0.29) is 5.91 Å². The minimum atomic E-state index is 0.285. The number of aliphatic imine (C=N–C) groups is 1. The lowest BCUT2D eigenvalue weighted by Crippen LogP contribution is -2.43. The fourth-order valence-corrected chi connectivity index (χ4v) is 5.12. The lowest BCUT2D eigenvalue weighted by Gasteiger charge is -2.28. The van der Waals surface area contributed by atoms with Gasteiger partial charge in [-0.2, -0.15) is 0 Å². The molecular formula is C27H39N3O3. The van der Waals surface area contributed by atoms with Crippen LogP contribution in [0, 0.1) is 0 Å². The number of fused-ring (bicyclic) bond motifs is 1. The van der Waals surface area contributed by atoms with Crippen LogP contribution in [-0.4, -0.2) is 60.4 Å². The third-order valence-electron chi connectivity index (χ3n) is 7.13. The molecule has 2 atom stereocenters. The van der Waals surface area contributed by atoms with E-state index < -0.39 is 0 Å². The summed E-state index contributed by atoms with van der Waals surface area (Å²) in [4.78, 5) is 22.4. The fraction of sp³-hybridized carbons (Fsp3) is 0.630. The van der Waals surface area contributed by atoms with Crippen molar-refractivity contribution in [3.63, 3.8) is 0 Å². The average Bonchev–Trinajstić information content (AvgIpc) is 3.58. The van der Waals surface area contributed by atoms with Crippen molar-refractivity contribution >= 4 is 11.6 Å². The zero-order valence-electron chi connectivity index (χ0n) is 20.3. The summed E-state index contributed by atoms with van der Waals surface area (Å²) in [7, 11) is 0. The number of rotatable bonds is 12. The Morgan fingerprint density at radius 1 is 1.15 bits per heavy atom. The van der Waals surface area contributed by atoms with E-state index in [1.807, 2.05) is 12.3 Å². The zero-order valence-corrected chi connectivity index (χ0v) is 20.3. The molecule has 1 amide bonds. The first-order valence-electron chi connectivity index (χ1n) is 12.8. The summed E-state index contributed by atoms with van der Waals surface area (Å²) in [5.41, 5.74) is 2.55. The van der Waals surface area contributed by atoms with Crippen molar-refractivity contribution < 1.29 is 14.3 Å². The summed E-state index contributed by atoms with van der Waals surface area (Å²) in [6.07, 6.45) is 12.5. The van der Waals surface area contributed by atoms with Crippen LogP contribution in [0.3, 0.4) is 0 Å². The van der Waals surface area contributed by atoms with Gasteiger partial charge in [-0.15, -0.1) is 0 Å². The first-order chi connectivity index (χ1) is 16.2. The van der Waals surface area contributed by atoms with E-state index >= 15 is 0 Å². The van der Waals surface area contributed by atoms with Gasteiger partial charge in [-0.25, -0.2) is 0 Å². The summed E-state index contributed by atoms with van der Waals surface area (Å²) in [5, 5.41) is 0. The summed E-state index contributed by atoms with van der Waals surface area (Å²) < 4.78 is 11.1. The van der Waals surface area contributed by atoms with Gasteiger partial charge in [0.2, 0.25) is 12.7 Å². The Morgan fingerprint density at radius 3 is 2.67 bits per heavy atom. The van der Waals surface area contributed by atoms with Crippen molar-refractivity contribution in [2.24, 2.45) is 4.99 Å². The molecule has 33 heavy (non-hydrogen) atoms. The van der Waals surface area contributed by atoms with E-state index in [1.165, 1.54) is 11.3 Å². The predicted molar refractivity (Wildman–Crippen MR) is 132 cm³/mol. The first kappa shape index (κ1) is 23.8. The minimum absolute atomic E-state index is 0.285. The second-order valence-corrected chi connectivity index (χ2v) is 9.54. The van der Waals surface area contributed by atoms with Gasteiger partial charge in [0, 0.05) is 44.0 Å². The molecule has 6 heteroatoms. The van der Waals surface area contributed by atoms with E-state index in [2.05, 4.69) is 46.8 Å². The maximum absolute atomic E-state index is 13.3. The van der Waals surface area contributed by atoms with E-state index in [9.17, 15) is 4.79 Å². The second-order valence-electron chi connectivity index (χ2n) is 9.54. The quantitative estimate of drug-likeness (QED) is 0.440. The van der Waals surface area contributed by atoms with E-state index in [4.69, 9.17) is 9.47 Å². The molecule has 1 saturated heterocycles. The molecule has 0 N–H and O–H groups in total. The molecule has 0 spiro atoms. The van der Waals surface area contributed by atoms with Crippen LogP contribution in [0.2, 0.25) is 0 Å². The fourth-order valence-electron chi connectivity index (χ4n) is 5.12. The zero-order chi connectivity index (χ0) is 23.0. The van der Waals surface area contributed by atoms with Crippen LogP contribution in [0.25, 0.3) is 0 Å². The number of carbonyl (C=O) groups excluding carboxylic acids is 1. The lowest BCUT2D eigenvalue weighted by atomic mass is 9.94. The van der Waals surface area contributed by atoms with Crippen molar-refractivity contribution in [1.82, 2.24) is 9.80 Å². The Morgan fingerprint density at radius 2 is 1.94 bits per heavy atom. The van der Waals surface area contributed by atoms with Gasteiger partial charge in [0.15, 0.2) is 11.5 Å². The molecule has 0 aliphatic carbocycles. The van der Waals surface area contributed by atoms with Gasteiger partial charge in [0.05, 0.1) is 6.54 Å². The third-order valence-corrected chi connectivity index (χ3v) is 7.13. The number of allylic oxidation sites excluding steroid dienone is 1. The van der Waals surface area contributed by atoms with Crippen LogP contribution in [0.15, 0.2) is 35.5 Å². The molecule has 1 fully saturated rings. The molecule has 1 aromatic carbocycles. The largest absolute Gasteiger partial charge is 0.454 e. The lowest BCUT2D eigenvalue weighted by molar-refractivity contribution is -0.132. The molecule has 0 bridgehead atoms. The number of ether oxygens (including phenoxy) is 2. The van der Waals surface area contributed by atoms with E-state index in [0.29, 0.717) is 25.3 Å². The molecule has 6 nitrogen and oxygen atoms in total. The smallest absolute Gasteiger partial charge is 0.236 e. The highest BCUT2D eigenvalue weighted by Crippen LogP contribution is 2.39. The number of nitrogens with zero attached hydrogens (tertiary/aromatic N) is 3. The van der Waals surface area contributed by atoms with E-state index in [0.717, 1.165) is 82.5 Å². The molecule has 0 saturated carbocycles. The Kier molecular flexibility index (Phi) is 8.43. The van der Waals surface area contributed by atoms with Crippen molar-refractivity contribution in [3.8, 4) is 11.5 Å². The third kappa shape index (κ3) is 6.17. The number of hydrogen-bond donors (Lipinski definition) is 0. The van der Waals surface area contributed by atoms with Crippen LogP contribution in [-0.2, 0) is 4.79 Å². The normalized spacial score (nSPS) is 21.6. The van der Waals surface area contributed by atoms with Crippen molar-refractivity contribution in [3.05, 3.63) is 36.0 Å². The van der Waals surface area contributed by atoms with Crippen molar-refractivity contribution in [2.75, 3.05) is 33.0 Å². The van der Waals surface area contributed by atoms with Gasteiger partial charge < -0.3 is 14.4 Å². The number of unbranched alkanes of at least 4 members (excludes halogenated alkanes) is 2. The molecule has 3 heterocycles. The molecular weight excluding hydrogens is 414 g/mol. The van der Waals surface area contributed by atoms with Gasteiger partial charge in [0.25, 0.3) is 0 Å². The highest BCUT2D eigenvalue weighted by Gasteiger charge is 2.35. The van der Waals surface area contributed by atoms with Crippen LogP contribution in [0.1, 0.15) is 76.7 Å². The second kappa shape index (κ2) is 11.7. The standard InChI is InChI=1S/C27H39N3O3/c1-3-5-14-29(15-6-4-2)27(31)19-30-18-22(16-24(30)11-10-23-8-7-13-28-23)21-9-12-25-26(17-21)33-20-32-25/h7,9,12-13,17,22,24H,3-6,8,10-11,14-16,18-20H2,1-2H3. The van der Waals surface area contributed by atoms with E-state index in [1.54, 1.807) is 0 Å². The summed E-state index contributed by atoms with van der Waals surface area (Å²) in [5.74, 6) is 2.36. The van der Waals surface area contributed by atoms with Crippen LogP contribution in [0.5, 0.6) is 11.5 Å².